The maximum atomic E-state index is 12.6. The molecule has 158 valence electrons. The Morgan fingerprint density at radius 1 is 1.21 bits per heavy atom. The summed E-state index contributed by atoms with van der Waals surface area (Å²) in [4.78, 5) is 33.4. The summed E-state index contributed by atoms with van der Waals surface area (Å²) < 4.78 is 5.28. The van der Waals surface area contributed by atoms with Crippen LogP contribution in [0.2, 0.25) is 0 Å². The van der Waals surface area contributed by atoms with Crippen molar-refractivity contribution in [3.8, 4) is 10.7 Å². The van der Waals surface area contributed by atoms with Crippen molar-refractivity contribution in [3.63, 3.8) is 0 Å². The number of aromatic nitrogens is 2. The largest absolute Gasteiger partial charge is 0.444 e. The molecule has 2 amide bonds. The lowest BCUT2D eigenvalue weighted by atomic mass is 9.88. The van der Waals surface area contributed by atoms with E-state index in [1.807, 2.05) is 65.1 Å². The van der Waals surface area contributed by atoms with Gasteiger partial charge in [0.1, 0.15) is 10.6 Å². The lowest BCUT2D eigenvalue weighted by molar-refractivity contribution is -0.122. The van der Waals surface area contributed by atoms with Crippen LogP contribution in [0.5, 0.6) is 0 Å². The third kappa shape index (κ3) is 7.12. The predicted octanol–water partition coefficient (Wildman–Crippen LogP) is 3.80. The molecule has 0 aliphatic heterocycles. The maximum absolute atomic E-state index is 12.6. The van der Waals surface area contributed by atoms with Crippen molar-refractivity contribution in [2.75, 3.05) is 6.54 Å². The summed E-state index contributed by atoms with van der Waals surface area (Å²) in [6, 6.07) is 5.65. The van der Waals surface area contributed by atoms with Crippen molar-refractivity contribution in [3.05, 3.63) is 35.5 Å². The van der Waals surface area contributed by atoms with Gasteiger partial charge in [-0.1, -0.05) is 19.9 Å². The molecule has 1 atom stereocenters. The fourth-order valence-corrected chi connectivity index (χ4v) is 3.28. The number of thiazole rings is 1. The van der Waals surface area contributed by atoms with Gasteiger partial charge in [0.2, 0.25) is 5.91 Å². The summed E-state index contributed by atoms with van der Waals surface area (Å²) in [6.07, 6.45) is 1.38. The van der Waals surface area contributed by atoms with E-state index in [4.69, 9.17) is 4.74 Å². The van der Waals surface area contributed by atoms with Crippen LogP contribution in [0.25, 0.3) is 10.7 Å². The molecule has 0 saturated carbocycles. The number of carbonyl (C=O) groups is 2. The van der Waals surface area contributed by atoms with Gasteiger partial charge in [0.25, 0.3) is 0 Å². The van der Waals surface area contributed by atoms with Gasteiger partial charge in [0, 0.05) is 18.1 Å². The first-order valence-electron chi connectivity index (χ1n) is 9.62. The number of carbonyl (C=O) groups excluding carboxylic acids is 2. The van der Waals surface area contributed by atoms with E-state index in [9.17, 15) is 9.59 Å². The van der Waals surface area contributed by atoms with E-state index in [1.54, 1.807) is 6.20 Å². The molecule has 2 aromatic heterocycles. The zero-order valence-electron chi connectivity index (χ0n) is 17.9. The van der Waals surface area contributed by atoms with E-state index in [0.29, 0.717) is 5.69 Å². The summed E-state index contributed by atoms with van der Waals surface area (Å²) in [6.45, 7) is 11.6. The van der Waals surface area contributed by atoms with Crippen molar-refractivity contribution < 1.29 is 14.3 Å². The summed E-state index contributed by atoms with van der Waals surface area (Å²) >= 11 is 1.46. The number of hydrogen-bond acceptors (Lipinski definition) is 6. The standard InChI is InChI=1S/C21H30N4O3S/c1-14(2)21(6,13-23-19(27)28-20(3,4)5)25-17(26)11-15-12-29-18(24-15)16-9-7-8-10-22-16/h7-10,12,14H,11,13H2,1-6H3,(H,23,27)(H,25,26). The Kier molecular flexibility index (Phi) is 7.35. The summed E-state index contributed by atoms with van der Waals surface area (Å²) in [7, 11) is 0. The average Bonchev–Trinajstić information content (AvgIpc) is 3.07. The zero-order chi connectivity index (χ0) is 21.7. The lowest BCUT2D eigenvalue weighted by Crippen LogP contribution is -2.57. The van der Waals surface area contributed by atoms with E-state index in [0.717, 1.165) is 10.7 Å². The summed E-state index contributed by atoms with van der Waals surface area (Å²) in [5.41, 5.74) is 0.294. The van der Waals surface area contributed by atoms with E-state index in [2.05, 4.69) is 20.6 Å². The molecule has 0 aliphatic rings. The molecule has 1 unspecified atom stereocenters. The number of nitrogens with zero attached hydrogens (tertiary/aromatic N) is 2. The van der Waals surface area contributed by atoms with Gasteiger partial charge in [-0.25, -0.2) is 9.78 Å². The Bertz CT molecular complexity index is 830. The lowest BCUT2D eigenvalue weighted by Gasteiger charge is -2.35. The van der Waals surface area contributed by atoms with E-state index < -0.39 is 17.2 Å². The van der Waals surface area contributed by atoms with Crippen LogP contribution in [0.1, 0.15) is 47.2 Å². The van der Waals surface area contributed by atoms with Gasteiger partial charge in [-0.15, -0.1) is 11.3 Å². The highest BCUT2D eigenvalue weighted by Crippen LogP contribution is 2.22. The first-order chi connectivity index (χ1) is 13.5. The van der Waals surface area contributed by atoms with Gasteiger partial charge in [0.15, 0.2) is 0 Å². The van der Waals surface area contributed by atoms with Crippen molar-refractivity contribution in [1.82, 2.24) is 20.6 Å². The molecular weight excluding hydrogens is 388 g/mol. The third-order valence-electron chi connectivity index (χ3n) is 4.48. The Labute approximate surface area is 176 Å². The minimum atomic E-state index is -0.617. The third-order valence-corrected chi connectivity index (χ3v) is 5.39. The van der Waals surface area contributed by atoms with Crippen LogP contribution in [-0.2, 0) is 16.0 Å². The van der Waals surface area contributed by atoms with Gasteiger partial charge in [0.05, 0.1) is 23.3 Å². The molecule has 0 aromatic carbocycles. The van der Waals surface area contributed by atoms with E-state index >= 15 is 0 Å². The zero-order valence-corrected chi connectivity index (χ0v) is 18.7. The van der Waals surface area contributed by atoms with Gasteiger partial charge in [-0.3, -0.25) is 9.78 Å². The van der Waals surface area contributed by atoms with Crippen LogP contribution in [-0.4, -0.2) is 39.7 Å². The van der Waals surface area contributed by atoms with Crippen molar-refractivity contribution in [2.24, 2.45) is 5.92 Å². The van der Waals surface area contributed by atoms with Crippen LogP contribution < -0.4 is 10.6 Å². The monoisotopic (exact) mass is 418 g/mol. The van der Waals surface area contributed by atoms with Crippen LogP contribution in [0, 0.1) is 5.92 Å². The molecule has 2 rings (SSSR count). The Balaban J connectivity index is 1.97. The Hall–Kier alpha value is -2.48. The Morgan fingerprint density at radius 3 is 2.52 bits per heavy atom. The van der Waals surface area contributed by atoms with Crippen molar-refractivity contribution >= 4 is 23.3 Å². The highest BCUT2D eigenvalue weighted by molar-refractivity contribution is 7.13. The number of alkyl carbamates (subject to hydrolysis) is 1. The smallest absolute Gasteiger partial charge is 0.407 e. The molecule has 0 radical (unpaired) electrons. The highest BCUT2D eigenvalue weighted by Gasteiger charge is 2.31. The number of hydrogen-bond donors (Lipinski definition) is 2. The van der Waals surface area contributed by atoms with E-state index in [-0.39, 0.29) is 24.8 Å². The molecule has 7 nitrogen and oxygen atoms in total. The molecule has 0 spiro atoms. The van der Waals surface area contributed by atoms with Crippen LogP contribution >= 0.6 is 11.3 Å². The number of rotatable bonds is 7. The molecule has 0 bridgehead atoms. The van der Waals surface area contributed by atoms with E-state index in [1.165, 1.54) is 11.3 Å². The van der Waals surface area contributed by atoms with Crippen molar-refractivity contribution in [1.29, 1.82) is 0 Å². The molecule has 0 fully saturated rings. The normalized spacial score (nSPS) is 13.6. The predicted molar refractivity (Wildman–Crippen MR) is 115 cm³/mol. The van der Waals surface area contributed by atoms with Gasteiger partial charge >= 0.3 is 6.09 Å². The molecule has 2 heterocycles. The second-order valence-corrected chi connectivity index (χ2v) is 9.37. The second kappa shape index (κ2) is 9.35. The molecule has 2 aromatic rings. The minimum absolute atomic E-state index is 0.0981. The molecule has 8 heteroatoms. The number of pyridine rings is 1. The fraction of sp³-hybridized carbons (Fsp3) is 0.524. The average molecular weight is 419 g/mol. The SMILES string of the molecule is CC(C)C(C)(CNC(=O)OC(C)(C)C)NC(=O)Cc1csc(-c2ccccn2)n1. The van der Waals surface area contributed by atoms with Crippen LogP contribution in [0.3, 0.4) is 0 Å². The van der Waals surface area contributed by atoms with Crippen LogP contribution in [0.4, 0.5) is 4.79 Å². The molecule has 2 N–H and O–H groups in total. The highest BCUT2D eigenvalue weighted by atomic mass is 32.1. The summed E-state index contributed by atoms with van der Waals surface area (Å²) in [5.74, 6) is -0.0500. The molecule has 0 aliphatic carbocycles. The topological polar surface area (TPSA) is 93.2 Å². The number of amides is 2. The van der Waals surface area contributed by atoms with Crippen molar-refractivity contribution in [2.45, 2.75) is 59.1 Å². The summed E-state index contributed by atoms with van der Waals surface area (Å²) in [5, 5.41) is 8.46. The first-order valence-corrected chi connectivity index (χ1v) is 10.5. The molecule has 0 saturated heterocycles. The second-order valence-electron chi connectivity index (χ2n) is 8.51. The van der Waals surface area contributed by atoms with Crippen LogP contribution in [0.15, 0.2) is 29.8 Å². The van der Waals surface area contributed by atoms with Gasteiger partial charge < -0.3 is 15.4 Å². The maximum Gasteiger partial charge on any atom is 0.407 e. The van der Waals surface area contributed by atoms with Gasteiger partial charge in [-0.2, -0.15) is 0 Å². The quantitative estimate of drug-likeness (QED) is 0.713. The molecular formula is C21H30N4O3S. The number of ether oxygens (including phenoxy) is 1. The van der Waals surface area contributed by atoms with Gasteiger partial charge in [-0.05, 0) is 45.7 Å². The molecule has 29 heavy (non-hydrogen) atoms. The number of nitrogens with one attached hydrogen (secondary N) is 2. The minimum Gasteiger partial charge on any atom is -0.444 e. The fourth-order valence-electron chi connectivity index (χ4n) is 2.48. The Morgan fingerprint density at radius 2 is 1.93 bits per heavy atom. The first kappa shape index (κ1) is 22.8.